The summed E-state index contributed by atoms with van der Waals surface area (Å²) in [6, 6.07) is 20.7. The number of nitrogens with zero attached hydrogens (tertiary/aromatic N) is 1. The predicted molar refractivity (Wildman–Crippen MR) is 96.2 cm³/mol. The minimum Gasteiger partial charge on any atom is -0.398 e. The van der Waals surface area contributed by atoms with Crippen LogP contribution in [-0.2, 0) is 6.42 Å². The number of hydrogen-bond donors (Lipinski definition) is 1. The number of pyridine rings is 1. The van der Waals surface area contributed by atoms with E-state index in [4.69, 9.17) is 5.73 Å². The molecule has 1 aromatic heterocycles. The molecule has 0 unspecified atom stereocenters. The van der Waals surface area contributed by atoms with E-state index in [0.29, 0.717) is 0 Å². The van der Waals surface area contributed by atoms with Gasteiger partial charge in [0.1, 0.15) is 0 Å². The van der Waals surface area contributed by atoms with Gasteiger partial charge in [0.2, 0.25) is 0 Å². The summed E-state index contributed by atoms with van der Waals surface area (Å²) < 4.78 is 0.885. The molecule has 0 saturated heterocycles. The summed E-state index contributed by atoms with van der Waals surface area (Å²) in [7, 11) is 0. The van der Waals surface area contributed by atoms with E-state index in [1.54, 1.807) is 24.0 Å². The highest BCUT2D eigenvalue weighted by Gasteiger charge is 2.06. The number of hydrogen-bond acceptors (Lipinski definition) is 3. The number of nitrogens with two attached hydrogens (primary N) is 1. The quantitative estimate of drug-likeness (QED) is 0.688. The summed E-state index contributed by atoms with van der Waals surface area (Å²) >= 11 is 5.28. The third-order valence-corrected chi connectivity index (χ3v) is 5.15. The van der Waals surface area contributed by atoms with Gasteiger partial charge in [-0.15, -0.1) is 0 Å². The van der Waals surface area contributed by atoms with E-state index in [0.717, 1.165) is 22.3 Å². The third kappa shape index (κ3) is 3.70. The number of nitrogen functional groups attached to an aromatic ring is 1. The second kappa shape index (κ2) is 6.99. The van der Waals surface area contributed by atoms with Gasteiger partial charge in [0, 0.05) is 28.1 Å². The van der Waals surface area contributed by atoms with Crippen molar-refractivity contribution in [1.29, 1.82) is 0 Å². The third-order valence-electron chi connectivity index (χ3n) is 3.24. The molecule has 22 heavy (non-hydrogen) atoms. The monoisotopic (exact) mass is 370 g/mol. The van der Waals surface area contributed by atoms with Crippen molar-refractivity contribution >= 4 is 33.4 Å². The van der Waals surface area contributed by atoms with E-state index >= 15 is 0 Å². The predicted octanol–water partition coefficient (Wildman–Crippen LogP) is 5.17. The lowest BCUT2D eigenvalue weighted by atomic mass is 10.1. The maximum atomic E-state index is 5.92. The van der Waals surface area contributed by atoms with Gasteiger partial charge in [-0.05, 0) is 51.8 Å². The lowest BCUT2D eigenvalue weighted by molar-refractivity contribution is 1.05. The summed E-state index contributed by atoms with van der Waals surface area (Å²) in [6.45, 7) is 0. The molecule has 3 rings (SSSR count). The van der Waals surface area contributed by atoms with Crippen LogP contribution in [0.2, 0.25) is 0 Å². The fraction of sp³-hybridized carbons (Fsp3) is 0.0556. The molecule has 1 heterocycles. The van der Waals surface area contributed by atoms with Gasteiger partial charge in [0.25, 0.3) is 0 Å². The Morgan fingerprint density at radius 3 is 2.55 bits per heavy atom. The molecule has 0 aliphatic heterocycles. The van der Waals surface area contributed by atoms with Crippen LogP contribution in [0.1, 0.15) is 11.3 Å². The second-order valence-electron chi connectivity index (χ2n) is 4.90. The van der Waals surface area contributed by atoms with Crippen molar-refractivity contribution in [2.45, 2.75) is 16.2 Å². The number of aromatic nitrogens is 1. The maximum Gasteiger partial charge on any atom is 0.0623 e. The first kappa shape index (κ1) is 15.1. The van der Waals surface area contributed by atoms with Crippen LogP contribution < -0.4 is 5.73 Å². The van der Waals surface area contributed by atoms with Crippen LogP contribution in [0, 0.1) is 0 Å². The van der Waals surface area contributed by atoms with Gasteiger partial charge in [-0.25, -0.2) is 0 Å². The Kier molecular flexibility index (Phi) is 4.80. The van der Waals surface area contributed by atoms with Crippen molar-refractivity contribution in [3.05, 3.63) is 82.6 Å². The molecule has 0 amide bonds. The standard InChI is InChI=1S/C18H15BrN2S/c19-18-16(20)9-10-21-17(18)12-13-5-4-8-15(11-13)22-14-6-2-1-3-7-14/h1-11H,12H2,(H2,20,21). The van der Waals surface area contributed by atoms with Gasteiger partial charge >= 0.3 is 0 Å². The zero-order valence-electron chi connectivity index (χ0n) is 11.9. The summed E-state index contributed by atoms with van der Waals surface area (Å²) in [6.07, 6.45) is 2.51. The van der Waals surface area contributed by atoms with E-state index in [1.807, 2.05) is 6.07 Å². The van der Waals surface area contributed by atoms with Crippen LogP contribution in [0.25, 0.3) is 0 Å². The highest BCUT2D eigenvalue weighted by Crippen LogP contribution is 2.29. The van der Waals surface area contributed by atoms with Gasteiger partial charge in [-0.3, -0.25) is 4.98 Å². The molecule has 0 aliphatic rings. The number of rotatable bonds is 4. The lowest BCUT2D eigenvalue weighted by Crippen LogP contribution is -1.97. The van der Waals surface area contributed by atoms with E-state index in [2.05, 4.69) is 69.4 Å². The minimum absolute atomic E-state index is 0.722. The summed E-state index contributed by atoms with van der Waals surface area (Å²) in [5, 5.41) is 0. The van der Waals surface area contributed by atoms with Gasteiger partial charge in [-0.2, -0.15) is 0 Å². The van der Waals surface area contributed by atoms with E-state index < -0.39 is 0 Å². The Balaban J connectivity index is 1.81. The van der Waals surface area contributed by atoms with E-state index in [9.17, 15) is 0 Å². The van der Waals surface area contributed by atoms with Crippen LogP contribution in [0.5, 0.6) is 0 Å². The van der Waals surface area contributed by atoms with Crippen LogP contribution in [-0.4, -0.2) is 4.98 Å². The van der Waals surface area contributed by atoms with Crippen molar-refractivity contribution in [2.75, 3.05) is 5.73 Å². The number of halogens is 1. The molecule has 0 bridgehead atoms. The first-order chi connectivity index (χ1) is 10.7. The molecule has 2 nitrogen and oxygen atoms in total. The van der Waals surface area contributed by atoms with Crippen molar-refractivity contribution in [3.63, 3.8) is 0 Å². The zero-order valence-corrected chi connectivity index (χ0v) is 14.3. The molecule has 0 radical (unpaired) electrons. The van der Waals surface area contributed by atoms with E-state index in [1.165, 1.54) is 15.4 Å². The molecule has 2 N–H and O–H groups in total. The molecule has 0 atom stereocenters. The van der Waals surface area contributed by atoms with Crippen LogP contribution >= 0.6 is 27.7 Å². The normalized spacial score (nSPS) is 10.6. The van der Waals surface area contributed by atoms with Gasteiger partial charge in [0.15, 0.2) is 0 Å². The molecule has 3 aromatic rings. The van der Waals surface area contributed by atoms with Gasteiger partial charge < -0.3 is 5.73 Å². The molecule has 2 aromatic carbocycles. The van der Waals surface area contributed by atoms with Crippen molar-refractivity contribution in [2.24, 2.45) is 0 Å². The largest absolute Gasteiger partial charge is 0.398 e. The Bertz CT molecular complexity index is 775. The highest BCUT2D eigenvalue weighted by atomic mass is 79.9. The Hall–Kier alpha value is -1.78. The molecule has 0 saturated carbocycles. The molecule has 0 spiro atoms. The fourth-order valence-corrected chi connectivity index (χ4v) is 3.46. The maximum absolute atomic E-state index is 5.92. The van der Waals surface area contributed by atoms with Crippen LogP contribution in [0.15, 0.2) is 81.1 Å². The molecular formula is C18H15BrN2S. The molecule has 0 aliphatic carbocycles. The Morgan fingerprint density at radius 2 is 1.73 bits per heavy atom. The molecular weight excluding hydrogens is 356 g/mol. The van der Waals surface area contributed by atoms with Gasteiger partial charge in [-0.1, -0.05) is 42.1 Å². The first-order valence-electron chi connectivity index (χ1n) is 6.93. The number of anilines is 1. The molecule has 110 valence electrons. The smallest absolute Gasteiger partial charge is 0.0623 e. The Morgan fingerprint density at radius 1 is 0.955 bits per heavy atom. The lowest BCUT2D eigenvalue weighted by Gasteiger charge is -2.08. The van der Waals surface area contributed by atoms with Crippen LogP contribution in [0.3, 0.4) is 0 Å². The SMILES string of the molecule is Nc1ccnc(Cc2cccc(Sc3ccccc3)c2)c1Br. The van der Waals surface area contributed by atoms with Crippen molar-refractivity contribution < 1.29 is 0 Å². The topological polar surface area (TPSA) is 38.9 Å². The summed E-state index contributed by atoms with van der Waals surface area (Å²) in [5.74, 6) is 0. The van der Waals surface area contributed by atoms with Crippen molar-refractivity contribution in [3.8, 4) is 0 Å². The van der Waals surface area contributed by atoms with Crippen LogP contribution in [0.4, 0.5) is 5.69 Å². The average molecular weight is 371 g/mol. The fourth-order valence-electron chi connectivity index (χ4n) is 2.16. The van der Waals surface area contributed by atoms with Crippen molar-refractivity contribution in [1.82, 2.24) is 4.98 Å². The molecule has 4 heteroatoms. The number of benzene rings is 2. The summed E-state index contributed by atoms with van der Waals surface area (Å²) in [4.78, 5) is 6.88. The summed E-state index contributed by atoms with van der Waals surface area (Å²) in [5.41, 5.74) is 8.82. The van der Waals surface area contributed by atoms with Gasteiger partial charge in [0.05, 0.1) is 10.2 Å². The second-order valence-corrected chi connectivity index (χ2v) is 6.84. The Labute approximate surface area is 142 Å². The molecule has 0 fully saturated rings. The zero-order chi connectivity index (χ0) is 15.4. The van der Waals surface area contributed by atoms with E-state index in [-0.39, 0.29) is 0 Å². The first-order valence-corrected chi connectivity index (χ1v) is 8.54. The minimum atomic E-state index is 0.722. The average Bonchev–Trinajstić information content (AvgIpc) is 2.53. The highest BCUT2D eigenvalue weighted by molar-refractivity contribution is 9.10.